The molecule has 0 aliphatic rings. The van der Waals surface area contributed by atoms with E-state index in [0.29, 0.717) is 18.2 Å². The SMILES string of the molecule is CCOc1nnc(-c2cc(C)ccc2N)o1. The van der Waals surface area contributed by atoms with Crippen LogP contribution in [0, 0.1) is 6.92 Å². The fraction of sp³-hybridized carbons (Fsp3) is 0.273. The third-order valence-corrected chi connectivity index (χ3v) is 2.11. The Balaban J connectivity index is 2.38. The van der Waals surface area contributed by atoms with Crippen LogP contribution in [0.5, 0.6) is 6.08 Å². The molecule has 0 aliphatic carbocycles. The van der Waals surface area contributed by atoms with Crippen LogP contribution in [0.15, 0.2) is 22.6 Å². The lowest BCUT2D eigenvalue weighted by molar-refractivity contribution is 0.247. The number of ether oxygens (including phenoxy) is 1. The Morgan fingerprint density at radius 3 is 2.94 bits per heavy atom. The number of aromatic nitrogens is 2. The first-order valence-corrected chi connectivity index (χ1v) is 5.03. The predicted molar refractivity (Wildman–Crippen MR) is 60.1 cm³/mol. The minimum Gasteiger partial charge on any atom is -0.449 e. The van der Waals surface area contributed by atoms with Gasteiger partial charge in [-0.05, 0) is 26.0 Å². The summed E-state index contributed by atoms with van der Waals surface area (Å²) in [5.74, 6) is 0.379. The van der Waals surface area contributed by atoms with E-state index >= 15 is 0 Å². The largest absolute Gasteiger partial charge is 0.449 e. The van der Waals surface area contributed by atoms with Crippen molar-refractivity contribution in [1.82, 2.24) is 10.2 Å². The number of nitrogen functional groups attached to an aromatic ring is 1. The molecule has 1 aromatic carbocycles. The lowest BCUT2D eigenvalue weighted by atomic mass is 10.1. The molecule has 0 saturated heterocycles. The molecule has 1 heterocycles. The van der Waals surface area contributed by atoms with Crippen LogP contribution in [0.2, 0.25) is 0 Å². The molecule has 0 spiro atoms. The highest BCUT2D eigenvalue weighted by Crippen LogP contribution is 2.27. The van der Waals surface area contributed by atoms with Gasteiger partial charge in [0, 0.05) is 5.69 Å². The van der Waals surface area contributed by atoms with Crippen LogP contribution in [0.4, 0.5) is 5.69 Å². The van der Waals surface area contributed by atoms with Crippen molar-refractivity contribution in [3.05, 3.63) is 23.8 Å². The Morgan fingerprint density at radius 1 is 1.38 bits per heavy atom. The summed E-state index contributed by atoms with van der Waals surface area (Å²) >= 11 is 0. The standard InChI is InChI=1S/C11H13N3O2/c1-3-15-11-14-13-10(16-11)8-6-7(2)4-5-9(8)12/h4-6H,3,12H2,1-2H3. The summed E-state index contributed by atoms with van der Waals surface area (Å²) in [5, 5.41) is 7.64. The van der Waals surface area contributed by atoms with Crippen molar-refractivity contribution in [3.8, 4) is 17.5 Å². The van der Waals surface area contributed by atoms with Crippen molar-refractivity contribution in [3.63, 3.8) is 0 Å². The number of anilines is 1. The molecule has 5 nitrogen and oxygen atoms in total. The van der Waals surface area contributed by atoms with Gasteiger partial charge in [-0.15, -0.1) is 5.10 Å². The van der Waals surface area contributed by atoms with E-state index in [0.717, 1.165) is 11.1 Å². The molecule has 5 heteroatoms. The molecule has 0 radical (unpaired) electrons. The van der Waals surface area contributed by atoms with Gasteiger partial charge in [0.05, 0.1) is 12.2 Å². The molecule has 0 unspecified atom stereocenters. The number of nitrogens with two attached hydrogens (primary N) is 1. The normalized spacial score (nSPS) is 10.4. The molecule has 0 bridgehead atoms. The molecule has 0 aliphatic heterocycles. The van der Waals surface area contributed by atoms with E-state index in [2.05, 4.69) is 10.2 Å². The molecule has 84 valence electrons. The molecule has 0 saturated carbocycles. The second-order valence-electron chi connectivity index (χ2n) is 3.40. The summed E-state index contributed by atoms with van der Waals surface area (Å²) in [7, 11) is 0. The maximum atomic E-state index is 5.84. The molecule has 0 fully saturated rings. The Kier molecular flexibility index (Phi) is 2.76. The molecule has 16 heavy (non-hydrogen) atoms. The molecule has 1 aromatic heterocycles. The van der Waals surface area contributed by atoms with Gasteiger partial charge in [-0.2, -0.15) is 0 Å². The van der Waals surface area contributed by atoms with Crippen molar-refractivity contribution in [2.75, 3.05) is 12.3 Å². The predicted octanol–water partition coefficient (Wildman–Crippen LogP) is 2.03. The van der Waals surface area contributed by atoms with E-state index in [9.17, 15) is 0 Å². The zero-order chi connectivity index (χ0) is 11.5. The van der Waals surface area contributed by atoms with Gasteiger partial charge < -0.3 is 14.9 Å². The third kappa shape index (κ3) is 1.98. The third-order valence-electron chi connectivity index (χ3n) is 2.11. The average Bonchev–Trinajstić information content (AvgIpc) is 2.71. The molecule has 2 N–H and O–H groups in total. The Labute approximate surface area is 93.2 Å². The average molecular weight is 219 g/mol. The van der Waals surface area contributed by atoms with Gasteiger partial charge in [-0.1, -0.05) is 16.7 Å². The van der Waals surface area contributed by atoms with Crippen molar-refractivity contribution < 1.29 is 9.15 Å². The number of rotatable bonds is 3. The molecule has 2 aromatic rings. The van der Waals surface area contributed by atoms with Crippen molar-refractivity contribution in [1.29, 1.82) is 0 Å². The van der Waals surface area contributed by atoms with Gasteiger partial charge in [0.15, 0.2) is 0 Å². The second kappa shape index (κ2) is 4.22. The zero-order valence-electron chi connectivity index (χ0n) is 9.23. The lowest BCUT2D eigenvalue weighted by Gasteiger charge is -2.01. The quantitative estimate of drug-likeness (QED) is 0.799. The van der Waals surface area contributed by atoms with Gasteiger partial charge in [0.1, 0.15) is 0 Å². The minimum atomic E-state index is 0.165. The molecule has 2 rings (SSSR count). The molecular weight excluding hydrogens is 206 g/mol. The van der Waals surface area contributed by atoms with Gasteiger partial charge in [0.2, 0.25) is 0 Å². The summed E-state index contributed by atoms with van der Waals surface area (Å²) < 4.78 is 10.4. The van der Waals surface area contributed by atoms with Crippen LogP contribution in [0.3, 0.4) is 0 Å². The van der Waals surface area contributed by atoms with Crippen molar-refractivity contribution in [2.24, 2.45) is 0 Å². The van der Waals surface area contributed by atoms with Crippen LogP contribution < -0.4 is 10.5 Å². The summed E-state index contributed by atoms with van der Waals surface area (Å²) in [6.07, 6.45) is 0.165. The van der Waals surface area contributed by atoms with E-state index in [1.807, 2.05) is 32.0 Å². The maximum Gasteiger partial charge on any atom is 0.414 e. The van der Waals surface area contributed by atoms with Gasteiger partial charge >= 0.3 is 6.08 Å². The van der Waals surface area contributed by atoms with Gasteiger partial charge in [-0.3, -0.25) is 0 Å². The van der Waals surface area contributed by atoms with Gasteiger partial charge in [0.25, 0.3) is 5.89 Å². The number of nitrogens with zero attached hydrogens (tertiary/aromatic N) is 2. The van der Waals surface area contributed by atoms with E-state index in [1.165, 1.54) is 0 Å². The highest BCUT2D eigenvalue weighted by atomic mass is 16.6. The summed E-state index contributed by atoms with van der Waals surface area (Å²) in [6.45, 7) is 4.32. The summed E-state index contributed by atoms with van der Waals surface area (Å²) in [6, 6.07) is 5.65. The zero-order valence-corrected chi connectivity index (χ0v) is 9.23. The smallest absolute Gasteiger partial charge is 0.414 e. The Bertz CT molecular complexity index is 494. The van der Waals surface area contributed by atoms with Crippen LogP contribution in [0.25, 0.3) is 11.5 Å². The first-order chi connectivity index (χ1) is 7.70. The second-order valence-corrected chi connectivity index (χ2v) is 3.40. The number of hydrogen-bond acceptors (Lipinski definition) is 5. The molecule has 0 amide bonds. The van der Waals surface area contributed by atoms with E-state index in [4.69, 9.17) is 14.9 Å². The first kappa shape index (κ1) is 10.5. The summed E-state index contributed by atoms with van der Waals surface area (Å²) in [4.78, 5) is 0. The van der Waals surface area contributed by atoms with Crippen molar-refractivity contribution >= 4 is 5.69 Å². The summed E-state index contributed by atoms with van der Waals surface area (Å²) in [5.41, 5.74) is 8.26. The topological polar surface area (TPSA) is 74.2 Å². The number of benzene rings is 1. The van der Waals surface area contributed by atoms with Crippen molar-refractivity contribution in [2.45, 2.75) is 13.8 Å². The number of aryl methyl sites for hydroxylation is 1. The lowest BCUT2D eigenvalue weighted by Crippen LogP contribution is -1.90. The number of hydrogen-bond donors (Lipinski definition) is 1. The Morgan fingerprint density at radius 2 is 2.19 bits per heavy atom. The van der Waals surface area contributed by atoms with Crippen LogP contribution in [-0.4, -0.2) is 16.8 Å². The van der Waals surface area contributed by atoms with Crippen LogP contribution in [-0.2, 0) is 0 Å². The van der Waals surface area contributed by atoms with Gasteiger partial charge in [-0.25, -0.2) is 0 Å². The van der Waals surface area contributed by atoms with Crippen LogP contribution in [0.1, 0.15) is 12.5 Å². The molecular formula is C11H13N3O2. The highest BCUT2D eigenvalue weighted by molar-refractivity contribution is 5.70. The fourth-order valence-corrected chi connectivity index (χ4v) is 1.36. The first-order valence-electron chi connectivity index (χ1n) is 5.03. The Hall–Kier alpha value is -2.04. The van der Waals surface area contributed by atoms with E-state index < -0.39 is 0 Å². The highest BCUT2D eigenvalue weighted by Gasteiger charge is 2.11. The monoisotopic (exact) mass is 219 g/mol. The van der Waals surface area contributed by atoms with E-state index in [1.54, 1.807) is 0 Å². The molecule has 0 atom stereocenters. The van der Waals surface area contributed by atoms with E-state index in [-0.39, 0.29) is 6.08 Å². The minimum absolute atomic E-state index is 0.165. The van der Waals surface area contributed by atoms with Crippen LogP contribution >= 0.6 is 0 Å². The maximum absolute atomic E-state index is 5.84. The fourth-order valence-electron chi connectivity index (χ4n) is 1.36.